The molecule has 0 spiro atoms. The Morgan fingerprint density at radius 3 is 2.62 bits per heavy atom. The fraction of sp³-hybridized carbons (Fsp3) is 0.667. The highest BCUT2D eigenvalue weighted by atomic mass is 16.5. The Balaban J connectivity index is 1.91. The molecule has 3 nitrogen and oxygen atoms in total. The van der Waals surface area contributed by atoms with Crippen molar-refractivity contribution in [2.24, 2.45) is 11.8 Å². The van der Waals surface area contributed by atoms with E-state index in [4.69, 9.17) is 4.74 Å². The van der Waals surface area contributed by atoms with Crippen LogP contribution in [0.2, 0.25) is 0 Å². The van der Waals surface area contributed by atoms with Gasteiger partial charge >= 0.3 is 0 Å². The van der Waals surface area contributed by atoms with E-state index in [1.807, 2.05) is 13.0 Å². The normalized spacial score (nSPS) is 33.0. The van der Waals surface area contributed by atoms with Gasteiger partial charge in [0.25, 0.3) is 0 Å². The van der Waals surface area contributed by atoms with Crippen molar-refractivity contribution in [2.75, 3.05) is 0 Å². The quantitative estimate of drug-likeness (QED) is 0.819. The molecular formula is C21H31NO2. The largest absolute Gasteiger partial charge is 0.352 e. The van der Waals surface area contributed by atoms with Crippen LogP contribution in [0, 0.1) is 11.8 Å². The standard InChI is InChI=1S/C21H31NO2/c1-5-18(23)20-22(14-16-9-7-6-8-10-16)21(3,4)17-12-11-15(2)13-19(17)24-20/h6-10,15,17,19-20H,5,11-14H2,1-4H3/t15-,17-,19-,20+/m1/s1. The van der Waals surface area contributed by atoms with Gasteiger partial charge in [0, 0.05) is 24.4 Å². The predicted octanol–water partition coefficient (Wildman–Crippen LogP) is 4.41. The summed E-state index contributed by atoms with van der Waals surface area (Å²) in [6.07, 6.45) is 3.88. The maximum absolute atomic E-state index is 12.6. The van der Waals surface area contributed by atoms with Crippen molar-refractivity contribution in [1.82, 2.24) is 4.90 Å². The second-order valence-electron chi connectivity index (χ2n) is 8.14. The molecule has 1 saturated carbocycles. The van der Waals surface area contributed by atoms with Crippen molar-refractivity contribution in [3.63, 3.8) is 0 Å². The van der Waals surface area contributed by atoms with E-state index in [9.17, 15) is 4.79 Å². The van der Waals surface area contributed by atoms with E-state index in [-0.39, 0.29) is 17.4 Å². The van der Waals surface area contributed by atoms with Crippen LogP contribution in [0.25, 0.3) is 0 Å². The third kappa shape index (κ3) is 3.29. The maximum atomic E-state index is 12.6. The first-order valence-electron chi connectivity index (χ1n) is 9.42. The summed E-state index contributed by atoms with van der Waals surface area (Å²) >= 11 is 0. The van der Waals surface area contributed by atoms with Gasteiger partial charge < -0.3 is 4.74 Å². The molecule has 0 amide bonds. The fourth-order valence-corrected chi connectivity index (χ4v) is 4.53. The number of ketones is 1. The summed E-state index contributed by atoms with van der Waals surface area (Å²) < 4.78 is 6.41. The van der Waals surface area contributed by atoms with Crippen LogP contribution >= 0.6 is 0 Å². The Labute approximate surface area is 146 Å². The predicted molar refractivity (Wildman–Crippen MR) is 96.5 cm³/mol. The van der Waals surface area contributed by atoms with Gasteiger partial charge in [0.05, 0.1) is 6.10 Å². The van der Waals surface area contributed by atoms with Crippen molar-refractivity contribution in [1.29, 1.82) is 0 Å². The lowest BCUT2D eigenvalue weighted by Gasteiger charge is -2.56. The number of rotatable bonds is 4. The number of ether oxygens (including phenoxy) is 1. The van der Waals surface area contributed by atoms with Crippen LogP contribution in [0.15, 0.2) is 30.3 Å². The molecule has 0 aromatic heterocycles. The zero-order chi connectivity index (χ0) is 17.3. The number of fused-ring (bicyclic) bond motifs is 1. The molecule has 1 aromatic carbocycles. The van der Waals surface area contributed by atoms with E-state index in [0.717, 1.165) is 13.0 Å². The average Bonchev–Trinajstić information content (AvgIpc) is 2.57. The second-order valence-corrected chi connectivity index (χ2v) is 8.14. The topological polar surface area (TPSA) is 29.5 Å². The molecule has 1 aromatic rings. The first kappa shape index (κ1) is 17.6. The molecule has 1 aliphatic carbocycles. The molecule has 0 bridgehead atoms. The molecule has 0 radical (unpaired) electrons. The summed E-state index contributed by atoms with van der Waals surface area (Å²) in [5.74, 6) is 1.40. The maximum Gasteiger partial charge on any atom is 0.176 e. The molecule has 132 valence electrons. The van der Waals surface area contributed by atoms with Crippen LogP contribution in [-0.2, 0) is 16.1 Å². The van der Waals surface area contributed by atoms with Crippen LogP contribution in [0.1, 0.15) is 58.9 Å². The van der Waals surface area contributed by atoms with E-state index in [2.05, 4.69) is 49.9 Å². The minimum atomic E-state index is -0.406. The molecule has 1 heterocycles. The molecule has 24 heavy (non-hydrogen) atoms. The third-order valence-corrected chi connectivity index (χ3v) is 6.11. The van der Waals surface area contributed by atoms with Crippen LogP contribution in [0.4, 0.5) is 0 Å². The summed E-state index contributed by atoms with van der Waals surface area (Å²) in [4.78, 5) is 15.0. The highest BCUT2D eigenvalue weighted by molar-refractivity contribution is 5.82. The Bertz CT molecular complexity index is 568. The number of hydrogen-bond donors (Lipinski definition) is 0. The van der Waals surface area contributed by atoms with Crippen LogP contribution in [-0.4, -0.2) is 28.6 Å². The molecule has 2 fully saturated rings. The third-order valence-electron chi connectivity index (χ3n) is 6.11. The molecule has 0 unspecified atom stereocenters. The Kier molecular flexibility index (Phi) is 5.12. The molecule has 4 atom stereocenters. The zero-order valence-electron chi connectivity index (χ0n) is 15.5. The smallest absolute Gasteiger partial charge is 0.176 e. The number of Topliss-reactive ketones (excluding diaryl/α,β-unsaturated/α-hetero) is 1. The second kappa shape index (κ2) is 6.97. The Morgan fingerprint density at radius 1 is 1.25 bits per heavy atom. The highest BCUT2D eigenvalue weighted by Crippen LogP contribution is 2.45. The van der Waals surface area contributed by atoms with Gasteiger partial charge in [-0.15, -0.1) is 0 Å². The van der Waals surface area contributed by atoms with E-state index in [1.165, 1.54) is 18.4 Å². The fourth-order valence-electron chi connectivity index (χ4n) is 4.53. The van der Waals surface area contributed by atoms with Crippen molar-refractivity contribution < 1.29 is 9.53 Å². The molecule has 0 N–H and O–H groups in total. The molecule has 1 saturated heterocycles. The monoisotopic (exact) mass is 329 g/mol. The first-order valence-corrected chi connectivity index (χ1v) is 9.42. The van der Waals surface area contributed by atoms with Crippen molar-refractivity contribution >= 4 is 5.78 Å². The van der Waals surface area contributed by atoms with E-state index in [0.29, 0.717) is 18.3 Å². The van der Waals surface area contributed by atoms with E-state index < -0.39 is 6.23 Å². The van der Waals surface area contributed by atoms with Gasteiger partial charge in [-0.1, -0.05) is 50.6 Å². The minimum absolute atomic E-state index is 0.0333. The summed E-state index contributed by atoms with van der Waals surface area (Å²) in [5.41, 5.74) is 1.21. The van der Waals surface area contributed by atoms with Gasteiger partial charge in [0.1, 0.15) is 0 Å². The first-order chi connectivity index (χ1) is 11.4. The van der Waals surface area contributed by atoms with Crippen molar-refractivity contribution in [3.8, 4) is 0 Å². The van der Waals surface area contributed by atoms with Gasteiger partial charge in [-0.2, -0.15) is 0 Å². The zero-order valence-corrected chi connectivity index (χ0v) is 15.5. The number of hydrogen-bond acceptors (Lipinski definition) is 3. The van der Waals surface area contributed by atoms with Gasteiger partial charge in [0.15, 0.2) is 12.0 Å². The summed E-state index contributed by atoms with van der Waals surface area (Å²) in [7, 11) is 0. The molecule has 3 rings (SSSR count). The van der Waals surface area contributed by atoms with E-state index in [1.54, 1.807) is 0 Å². The van der Waals surface area contributed by atoms with E-state index >= 15 is 0 Å². The number of benzene rings is 1. The van der Waals surface area contributed by atoms with Gasteiger partial charge in [-0.3, -0.25) is 9.69 Å². The van der Waals surface area contributed by atoms with Crippen molar-refractivity contribution in [2.45, 2.75) is 77.8 Å². The van der Waals surface area contributed by atoms with Crippen LogP contribution in [0.3, 0.4) is 0 Å². The van der Waals surface area contributed by atoms with Crippen LogP contribution < -0.4 is 0 Å². The molecule has 1 aliphatic heterocycles. The number of nitrogens with zero attached hydrogens (tertiary/aromatic N) is 1. The minimum Gasteiger partial charge on any atom is -0.352 e. The lowest BCUT2D eigenvalue weighted by molar-refractivity contribution is -0.231. The molecule has 3 heteroatoms. The Hall–Kier alpha value is -1.19. The Morgan fingerprint density at radius 2 is 1.96 bits per heavy atom. The summed E-state index contributed by atoms with van der Waals surface area (Å²) in [6, 6.07) is 10.4. The summed E-state index contributed by atoms with van der Waals surface area (Å²) in [6.45, 7) is 9.63. The van der Waals surface area contributed by atoms with Crippen molar-refractivity contribution in [3.05, 3.63) is 35.9 Å². The summed E-state index contributed by atoms with van der Waals surface area (Å²) in [5, 5.41) is 0. The lowest BCUT2D eigenvalue weighted by Crippen LogP contribution is -2.65. The molecule has 2 aliphatic rings. The highest BCUT2D eigenvalue weighted by Gasteiger charge is 2.51. The SMILES string of the molecule is CCC(=O)[C@@H]1O[C@@H]2C[C@H](C)CC[C@H]2C(C)(C)N1Cc1ccccc1. The van der Waals surface area contributed by atoms with Gasteiger partial charge in [-0.05, 0) is 38.2 Å². The average molecular weight is 329 g/mol. The van der Waals surface area contributed by atoms with Gasteiger partial charge in [0.2, 0.25) is 0 Å². The number of carbonyl (C=O) groups is 1. The van der Waals surface area contributed by atoms with Crippen LogP contribution in [0.5, 0.6) is 0 Å². The number of carbonyl (C=O) groups excluding carboxylic acids is 1. The molecular weight excluding hydrogens is 298 g/mol. The lowest BCUT2D eigenvalue weighted by atomic mass is 9.69. The van der Waals surface area contributed by atoms with Gasteiger partial charge in [-0.25, -0.2) is 0 Å².